The fourth-order valence-electron chi connectivity index (χ4n) is 2.66. The lowest BCUT2D eigenvalue weighted by Crippen LogP contribution is -2.43. The molecule has 0 bridgehead atoms. The summed E-state index contributed by atoms with van der Waals surface area (Å²) in [5.74, 6) is 0.635. The van der Waals surface area contributed by atoms with Crippen LogP contribution in [0.5, 0.6) is 5.75 Å². The highest BCUT2D eigenvalue weighted by atomic mass is 35.5. The Morgan fingerprint density at radius 3 is 2.70 bits per heavy atom. The van der Waals surface area contributed by atoms with Gasteiger partial charge in [-0.25, -0.2) is 4.79 Å². The molecular weight excluding hydrogens is 312 g/mol. The Kier molecular flexibility index (Phi) is 5.03. The second-order valence-electron chi connectivity index (χ2n) is 5.45. The molecule has 4 nitrogen and oxygen atoms in total. The van der Waals surface area contributed by atoms with Crippen LogP contribution in [0.15, 0.2) is 48.5 Å². The Balaban J connectivity index is 1.45. The average molecular weight is 331 g/mol. The van der Waals surface area contributed by atoms with Crippen LogP contribution in [0.3, 0.4) is 0 Å². The molecule has 1 aliphatic heterocycles. The number of hydrogen-bond donors (Lipinski definition) is 1. The van der Waals surface area contributed by atoms with Gasteiger partial charge in [0.1, 0.15) is 12.4 Å². The fourth-order valence-corrected chi connectivity index (χ4v) is 2.85. The molecule has 0 aliphatic carbocycles. The van der Waals surface area contributed by atoms with Crippen molar-refractivity contribution in [2.45, 2.75) is 13.0 Å². The van der Waals surface area contributed by atoms with Gasteiger partial charge in [0.05, 0.1) is 11.6 Å². The number of carbonyl (C=O) groups excluding carboxylic acids is 1. The van der Waals surface area contributed by atoms with Gasteiger partial charge in [-0.2, -0.15) is 0 Å². The molecule has 0 saturated heterocycles. The van der Waals surface area contributed by atoms with Gasteiger partial charge in [0, 0.05) is 13.1 Å². The topological polar surface area (TPSA) is 41.6 Å². The van der Waals surface area contributed by atoms with Crippen LogP contribution in [0.25, 0.3) is 0 Å². The summed E-state index contributed by atoms with van der Waals surface area (Å²) in [4.78, 5) is 14.1. The lowest BCUT2D eigenvalue weighted by atomic mass is 10.0. The number of amides is 2. The monoisotopic (exact) mass is 330 g/mol. The highest BCUT2D eigenvalue weighted by Crippen LogP contribution is 2.22. The van der Waals surface area contributed by atoms with E-state index in [2.05, 4.69) is 17.4 Å². The lowest BCUT2D eigenvalue weighted by molar-refractivity contribution is 0.189. The zero-order valence-electron chi connectivity index (χ0n) is 12.8. The number of benzene rings is 2. The molecule has 0 radical (unpaired) electrons. The van der Waals surface area contributed by atoms with Gasteiger partial charge in [-0.1, -0.05) is 48.0 Å². The summed E-state index contributed by atoms with van der Waals surface area (Å²) in [6, 6.07) is 15.5. The van der Waals surface area contributed by atoms with Crippen molar-refractivity contribution in [2.75, 3.05) is 19.7 Å². The molecule has 0 fully saturated rings. The van der Waals surface area contributed by atoms with Gasteiger partial charge in [0.25, 0.3) is 0 Å². The van der Waals surface area contributed by atoms with Crippen LogP contribution < -0.4 is 10.1 Å². The number of nitrogens with one attached hydrogen (secondary N) is 1. The molecule has 1 N–H and O–H groups in total. The van der Waals surface area contributed by atoms with E-state index in [9.17, 15) is 4.79 Å². The van der Waals surface area contributed by atoms with Crippen molar-refractivity contribution in [1.82, 2.24) is 10.2 Å². The van der Waals surface area contributed by atoms with Crippen LogP contribution in [-0.2, 0) is 13.0 Å². The number of rotatable bonds is 4. The molecule has 0 atom stereocenters. The molecule has 1 heterocycles. The summed E-state index contributed by atoms with van der Waals surface area (Å²) in [5, 5.41) is 3.47. The standard InChI is InChI=1S/C18H19ClN2O2/c19-16-7-3-4-8-17(16)23-12-10-20-18(22)21-11-9-14-5-1-2-6-15(14)13-21/h1-8H,9-13H2,(H,20,22). The molecule has 0 aromatic heterocycles. The van der Waals surface area contributed by atoms with Gasteiger partial charge in [-0.05, 0) is 29.7 Å². The van der Waals surface area contributed by atoms with Crippen LogP contribution in [0.2, 0.25) is 5.02 Å². The molecule has 2 aromatic rings. The number of ether oxygens (including phenoxy) is 1. The van der Waals surface area contributed by atoms with Gasteiger partial charge >= 0.3 is 6.03 Å². The summed E-state index contributed by atoms with van der Waals surface area (Å²) >= 11 is 6.01. The zero-order chi connectivity index (χ0) is 16.1. The molecule has 1 aliphatic rings. The fraction of sp³-hybridized carbons (Fsp3) is 0.278. The largest absolute Gasteiger partial charge is 0.490 e. The molecule has 0 spiro atoms. The number of halogens is 1. The first-order valence-electron chi connectivity index (χ1n) is 7.71. The number of para-hydroxylation sites is 1. The summed E-state index contributed by atoms with van der Waals surface area (Å²) in [6.07, 6.45) is 0.902. The van der Waals surface area contributed by atoms with Crippen LogP contribution in [0.4, 0.5) is 4.79 Å². The van der Waals surface area contributed by atoms with Gasteiger partial charge in [0.2, 0.25) is 0 Å². The highest BCUT2D eigenvalue weighted by molar-refractivity contribution is 6.32. The van der Waals surface area contributed by atoms with Crippen molar-refractivity contribution in [3.05, 3.63) is 64.7 Å². The van der Waals surface area contributed by atoms with Crippen molar-refractivity contribution in [3.8, 4) is 5.75 Å². The third kappa shape index (κ3) is 3.96. The summed E-state index contributed by atoms with van der Waals surface area (Å²) < 4.78 is 5.57. The highest BCUT2D eigenvalue weighted by Gasteiger charge is 2.19. The van der Waals surface area contributed by atoms with Crippen molar-refractivity contribution in [2.24, 2.45) is 0 Å². The first kappa shape index (κ1) is 15.7. The van der Waals surface area contributed by atoms with E-state index in [-0.39, 0.29) is 6.03 Å². The van der Waals surface area contributed by atoms with Crippen LogP contribution >= 0.6 is 11.6 Å². The van der Waals surface area contributed by atoms with Gasteiger partial charge < -0.3 is 15.0 Å². The van der Waals surface area contributed by atoms with E-state index < -0.39 is 0 Å². The lowest BCUT2D eigenvalue weighted by Gasteiger charge is -2.28. The number of nitrogens with zero attached hydrogens (tertiary/aromatic N) is 1. The van der Waals surface area contributed by atoms with Crippen LogP contribution in [0, 0.1) is 0 Å². The number of carbonyl (C=O) groups is 1. The zero-order valence-corrected chi connectivity index (χ0v) is 13.6. The molecule has 3 rings (SSSR count). The van der Waals surface area contributed by atoms with E-state index in [0.29, 0.717) is 30.5 Å². The molecule has 5 heteroatoms. The van der Waals surface area contributed by atoms with Crippen LogP contribution in [-0.4, -0.2) is 30.6 Å². The predicted molar refractivity (Wildman–Crippen MR) is 90.9 cm³/mol. The maximum atomic E-state index is 12.2. The van der Waals surface area contributed by atoms with Gasteiger partial charge in [-0.3, -0.25) is 0 Å². The second kappa shape index (κ2) is 7.38. The molecule has 23 heavy (non-hydrogen) atoms. The predicted octanol–water partition coefficient (Wildman–Crippen LogP) is 3.49. The van der Waals surface area contributed by atoms with Crippen molar-refractivity contribution < 1.29 is 9.53 Å². The van der Waals surface area contributed by atoms with Gasteiger partial charge in [0.15, 0.2) is 0 Å². The Bertz CT molecular complexity index is 690. The normalized spacial score (nSPS) is 13.3. The van der Waals surface area contributed by atoms with Crippen molar-refractivity contribution >= 4 is 17.6 Å². The van der Waals surface area contributed by atoms with E-state index in [1.807, 2.05) is 35.2 Å². The molecular formula is C18H19ClN2O2. The van der Waals surface area contributed by atoms with E-state index in [1.165, 1.54) is 11.1 Å². The van der Waals surface area contributed by atoms with Crippen LogP contribution in [0.1, 0.15) is 11.1 Å². The van der Waals surface area contributed by atoms with Crippen molar-refractivity contribution in [1.29, 1.82) is 0 Å². The molecule has 0 unspecified atom stereocenters. The van der Waals surface area contributed by atoms with E-state index in [0.717, 1.165) is 13.0 Å². The first-order chi connectivity index (χ1) is 11.2. The Morgan fingerprint density at radius 2 is 1.87 bits per heavy atom. The third-order valence-corrected chi connectivity index (χ3v) is 4.20. The summed E-state index contributed by atoms with van der Waals surface area (Å²) in [6.45, 7) is 2.24. The number of fused-ring (bicyclic) bond motifs is 1. The Morgan fingerprint density at radius 1 is 1.13 bits per heavy atom. The smallest absolute Gasteiger partial charge is 0.317 e. The first-order valence-corrected chi connectivity index (χ1v) is 8.09. The maximum absolute atomic E-state index is 12.2. The van der Waals surface area contributed by atoms with E-state index in [4.69, 9.17) is 16.3 Å². The van der Waals surface area contributed by atoms with Crippen molar-refractivity contribution in [3.63, 3.8) is 0 Å². The maximum Gasteiger partial charge on any atom is 0.317 e. The Hall–Kier alpha value is -2.20. The van der Waals surface area contributed by atoms with E-state index >= 15 is 0 Å². The number of hydrogen-bond acceptors (Lipinski definition) is 2. The molecule has 2 amide bonds. The minimum Gasteiger partial charge on any atom is -0.490 e. The number of urea groups is 1. The van der Waals surface area contributed by atoms with E-state index in [1.54, 1.807) is 6.07 Å². The quantitative estimate of drug-likeness (QED) is 0.872. The Labute approximate surface area is 141 Å². The SMILES string of the molecule is O=C(NCCOc1ccccc1Cl)N1CCc2ccccc2C1. The third-order valence-electron chi connectivity index (χ3n) is 3.89. The molecule has 0 saturated carbocycles. The van der Waals surface area contributed by atoms with Gasteiger partial charge in [-0.15, -0.1) is 0 Å². The second-order valence-corrected chi connectivity index (χ2v) is 5.86. The summed E-state index contributed by atoms with van der Waals surface area (Å²) in [7, 11) is 0. The minimum atomic E-state index is -0.0535. The summed E-state index contributed by atoms with van der Waals surface area (Å²) in [5.41, 5.74) is 2.56. The average Bonchev–Trinajstić information content (AvgIpc) is 2.59. The molecule has 2 aromatic carbocycles. The minimum absolute atomic E-state index is 0.0535. The molecule has 120 valence electrons.